The van der Waals surface area contributed by atoms with E-state index in [1.165, 1.54) is 23.4 Å². The van der Waals surface area contributed by atoms with E-state index in [2.05, 4.69) is 60.8 Å². The van der Waals surface area contributed by atoms with Gasteiger partial charge in [0.25, 0.3) is 0 Å². The molecule has 4 aromatic carbocycles. The molecule has 5 rings (SSSR count). The molecule has 0 saturated carbocycles. The average Bonchev–Trinajstić information content (AvgIpc) is 2.90. The van der Waals surface area contributed by atoms with Gasteiger partial charge in [-0.2, -0.15) is 0 Å². The first-order valence-corrected chi connectivity index (χ1v) is 11.9. The van der Waals surface area contributed by atoms with Crippen LogP contribution in [0, 0.1) is 0 Å². The number of hydrogen-bond donors (Lipinski definition) is 2. The minimum absolute atomic E-state index is 0.0311. The molecule has 0 aliphatic carbocycles. The van der Waals surface area contributed by atoms with Gasteiger partial charge >= 0.3 is 5.97 Å². The van der Waals surface area contributed by atoms with E-state index in [1.807, 2.05) is 24.3 Å². The normalized spacial score (nSPS) is 17.9. The molecule has 1 aliphatic heterocycles. The number of nitrogens with one attached hydrogen (secondary N) is 1. The van der Waals surface area contributed by atoms with Gasteiger partial charge in [0.15, 0.2) is 0 Å². The van der Waals surface area contributed by atoms with Gasteiger partial charge in [-0.15, -0.1) is 0 Å². The van der Waals surface area contributed by atoms with Gasteiger partial charge in [-0.05, 0) is 53.4 Å². The fraction of sp³-hybridized carbons (Fsp3) is 0.233. The largest absolute Gasteiger partial charge is 0.496 e. The van der Waals surface area contributed by atoms with Crippen LogP contribution < -0.4 is 14.8 Å². The van der Waals surface area contributed by atoms with E-state index in [0.717, 1.165) is 23.3 Å². The third-order valence-electron chi connectivity index (χ3n) is 6.88. The number of carbonyl (C=O) groups is 1. The smallest absolute Gasteiger partial charge is 0.339 e. The molecule has 3 unspecified atom stereocenters. The first kappa shape index (κ1) is 22.9. The summed E-state index contributed by atoms with van der Waals surface area (Å²) in [5, 5.41) is 15.8. The second-order valence-electron chi connectivity index (χ2n) is 9.03. The lowest BCUT2D eigenvalue weighted by Gasteiger charge is -2.33. The molecule has 1 aliphatic rings. The fourth-order valence-corrected chi connectivity index (χ4v) is 5.09. The van der Waals surface area contributed by atoms with E-state index >= 15 is 0 Å². The van der Waals surface area contributed by atoms with Crippen LogP contribution >= 0.6 is 0 Å². The zero-order chi connectivity index (χ0) is 24.4. The Kier molecular flexibility index (Phi) is 6.43. The molecule has 0 fully saturated rings. The first-order chi connectivity index (χ1) is 17.0. The summed E-state index contributed by atoms with van der Waals surface area (Å²) in [6, 6.07) is 28.5. The number of ether oxygens (including phenoxy) is 2. The van der Waals surface area contributed by atoms with Gasteiger partial charge in [-0.25, -0.2) is 4.79 Å². The Labute approximate surface area is 205 Å². The van der Waals surface area contributed by atoms with Crippen molar-refractivity contribution in [2.24, 2.45) is 0 Å². The van der Waals surface area contributed by atoms with Crippen molar-refractivity contribution in [3.8, 4) is 11.5 Å². The highest BCUT2D eigenvalue weighted by atomic mass is 16.5. The second kappa shape index (κ2) is 9.80. The second-order valence-corrected chi connectivity index (χ2v) is 9.03. The van der Waals surface area contributed by atoms with E-state index in [-0.39, 0.29) is 23.6 Å². The summed E-state index contributed by atoms with van der Waals surface area (Å²) in [6.45, 7) is 2.86. The molecular formula is C30H29NO4. The van der Waals surface area contributed by atoms with Gasteiger partial charge in [0.1, 0.15) is 23.2 Å². The quantitative estimate of drug-likeness (QED) is 0.340. The van der Waals surface area contributed by atoms with E-state index in [1.54, 1.807) is 12.1 Å². The lowest BCUT2D eigenvalue weighted by molar-refractivity contribution is 0.0693. The maximum atomic E-state index is 11.8. The molecule has 4 aromatic rings. The number of methoxy groups -OCH3 is 1. The summed E-state index contributed by atoms with van der Waals surface area (Å²) < 4.78 is 11.6. The number of rotatable bonds is 7. The molecule has 5 heteroatoms. The van der Waals surface area contributed by atoms with Crippen LogP contribution in [0.3, 0.4) is 0 Å². The number of benzene rings is 4. The van der Waals surface area contributed by atoms with Crippen LogP contribution in [0.25, 0.3) is 10.8 Å². The molecule has 178 valence electrons. The highest BCUT2D eigenvalue weighted by molar-refractivity contribution is 5.91. The summed E-state index contributed by atoms with van der Waals surface area (Å²) in [6.07, 6.45) is 0.695. The minimum Gasteiger partial charge on any atom is -0.496 e. The van der Waals surface area contributed by atoms with Crippen molar-refractivity contribution >= 4 is 16.7 Å². The van der Waals surface area contributed by atoms with Crippen molar-refractivity contribution < 1.29 is 19.4 Å². The van der Waals surface area contributed by atoms with Crippen molar-refractivity contribution in [1.29, 1.82) is 0 Å². The van der Waals surface area contributed by atoms with Crippen LogP contribution in [0.15, 0.2) is 84.9 Å². The summed E-state index contributed by atoms with van der Waals surface area (Å²) in [5.74, 6) is 0.250. The molecule has 0 bridgehead atoms. The van der Waals surface area contributed by atoms with Crippen LogP contribution in [0.4, 0.5) is 0 Å². The third-order valence-corrected chi connectivity index (χ3v) is 6.88. The number of para-hydroxylation sites is 1. The van der Waals surface area contributed by atoms with Gasteiger partial charge in [0, 0.05) is 24.1 Å². The number of aromatic carboxylic acids is 1. The lowest BCUT2D eigenvalue weighted by atomic mass is 9.83. The lowest BCUT2D eigenvalue weighted by Crippen LogP contribution is -2.37. The molecule has 0 radical (unpaired) electrons. The van der Waals surface area contributed by atoms with Gasteiger partial charge in [0.2, 0.25) is 0 Å². The van der Waals surface area contributed by atoms with Crippen molar-refractivity contribution in [1.82, 2.24) is 5.32 Å². The Morgan fingerprint density at radius 1 is 1.06 bits per heavy atom. The van der Waals surface area contributed by atoms with E-state index in [0.29, 0.717) is 12.3 Å². The molecule has 0 spiro atoms. The molecule has 2 N–H and O–H groups in total. The zero-order valence-electron chi connectivity index (χ0n) is 19.9. The van der Waals surface area contributed by atoms with Gasteiger partial charge < -0.3 is 19.9 Å². The van der Waals surface area contributed by atoms with E-state index in [4.69, 9.17) is 9.47 Å². The van der Waals surface area contributed by atoms with Crippen molar-refractivity contribution in [2.45, 2.75) is 31.4 Å². The number of carboxylic acid groups (broad SMARTS) is 1. The highest BCUT2D eigenvalue weighted by Gasteiger charge is 2.30. The van der Waals surface area contributed by atoms with Crippen molar-refractivity contribution in [2.75, 3.05) is 13.7 Å². The Balaban J connectivity index is 1.39. The minimum atomic E-state index is -0.994. The Morgan fingerprint density at radius 2 is 1.83 bits per heavy atom. The topological polar surface area (TPSA) is 67.8 Å². The Morgan fingerprint density at radius 3 is 2.66 bits per heavy atom. The first-order valence-electron chi connectivity index (χ1n) is 11.9. The number of fused-ring (bicyclic) bond motifs is 2. The summed E-state index contributed by atoms with van der Waals surface area (Å²) in [4.78, 5) is 11.8. The average molecular weight is 468 g/mol. The predicted octanol–water partition coefficient (Wildman–Crippen LogP) is 6.18. The SMILES string of the molecule is COc1ccc(C2CC(CNC(C)c3cccc4ccccc34)Oc3ccccc32)cc1C(=O)O. The molecule has 1 heterocycles. The van der Waals surface area contributed by atoms with Crippen molar-refractivity contribution in [3.63, 3.8) is 0 Å². The molecule has 35 heavy (non-hydrogen) atoms. The fourth-order valence-electron chi connectivity index (χ4n) is 5.09. The monoisotopic (exact) mass is 467 g/mol. The molecule has 0 saturated heterocycles. The Bertz CT molecular complexity index is 1360. The standard InChI is InChI=1S/C30H29NO4/c1-19(23-12-7-9-20-8-3-4-10-24(20)23)31-18-22-17-26(25-11-5-6-13-29(25)35-22)21-14-15-28(34-2)27(16-21)30(32)33/h3-16,19,22,26,31H,17-18H2,1-2H3,(H,32,33). The molecular weight excluding hydrogens is 438 g/mol. The zero-order valence-corrected chi connectivity index (χ0v) is 19.9. The van der Waals surface area contributed by atoms with E-state index in [9.17, 15) is 9.90 Å². The molecule has 0 aromatic heterocycles. The van der Waals surface area contributed by atoms with Gasteiger partial charge in [-0.3, -0.25) is 0 Å². The summed E-state index contributed by atoms with van der Waals surface area (Å²) in [7, 11) is 1.49. The van der Waals surface area contributed by atoms with Crippen LogP contribution in [-0.4, -0.2) is 30.8 Å². The summed E-state index contributed by atoms with van der Waals surface area (Å²) >= 11 is 0. The molecule has 0 amide bonds. The van der Waals surface area contributed by atoms with Gasteiger partial charge in [0.05, 0.1) is 7.11 Å². The Hall–Kier alpha value is -3.83. The van der Waals surface area contributed by atoms with E-state index < -0.39 is 5.97 Å². The van der Waals surface area contributed by atoms with Crippen molar-refractivity contribution in [3.05, 3.63) is 107 Å². The van der Waals surface area contributed by atoms with Crippen LogP contribution in [0.1, 0.15) is 52.4 Å². The van der Waals surface area contributed by atoms with Crippen LogP contribution in [-0.2, 0) is 0 Å². The molecule has 5 nitrogen and oxygen atoms in total. The summed E-state index contributed by atoms with van der Waals surface area (Å²) in [5.41, 5.74) is 3.46. The van der Waals surface area contributed by atoms with Gasteiger partial charge in [-0.1, -0.05) is 66.7 Å². The van der Waals surface area contributed by atoms with Crippen LogP contribution in [0.5, 0.6) is 11.5 Å². The van der Waals surface area contributed by atoms with Crippen LogP contribution in [0.2, 0.25) is 0 Å². The number of hydrogen-bond acceptors (Lipinski definition) is 4. The number of carboxylic acids is 1. The third kappa shape index (κ3) is 4.60. The predicted molar refractivity (Wildman–Crippen MR) is 138 cm³/mol. The maximum Gasteiger partial charge on any atom is 0.339 e. The molecule has 3 atom stereocenters. The maximum absolute atomic E-state index is 11.8. The highest BCUT2D eigenvalue weighted by Crippen LogP contribution is 2.41.